The average Bonchev–Trinajstić information content (AvgIpc) is 3.45. The molecule has 2 aliphatic carbocycles. The molecule has 2 amide bonds. The van der Waals surface area contributed by atoms with Crippen LogP contribution in [-0.4, -0.2) is 67.3 Å². The third kappa shape index (κ3) is 3.40. The summed E-state index contributed by atoms with van der Waals surface area (Å²) in [6, 6.07) is 1.08. The molecule has 1 N–H and O–H groups in total. The number of nitrogens with zero attached hydrogens (tertiary/aromatic N) is 2. The minimum absolute atomic E-state index is 0.208. The number of likely N-dealkylation sites (tertiary alicyclic amines) is 1. The lowest BCUT2D eigenvalue weighted by Gasteiger charge is -2.33. The van der Waals surface area contributed by atoms with Crippen LogP contribution >= 0.6 is 0 Å². The van der Waals surface area contributed by atoms with Crippen LogP contribution in [0.15, 0.2) is 0 Å². The standard InChI is InChI=1S/C17H29N3O2/c21-17(18-16(13-3-4-13)14-5-6-14)20-7-1-2-15(20)12-19-8-10-22-11-9-19/h13-16H,1-12H2,(H,18,21)/t15-/m1/s1. The maximum Gasteiger partial charge on any atom is 0.317 e. The second kappa shape index (κ2) is 6.36. The van der Waals surface area contributed by atoms with Crippen LogP contribution in [0.1, 0.15) is 38.5 Å². The molecule has 0 bridgehead atoms. The lowest BCUT2D eigenvalue weighted by Crippen LogP contribution is -2.52. The maximum atomic E-state index is 12.7. The Labute approximate surface area is 133 Å². The van der Waals surface area contributed by atoms with Crippen LogP contribution in [0.2, 0.25) is 0 Å². The van der Waals surface area contributed by atoms with Crippen molar-refractivity contribution in [1.29, 1.82) is 0 Å². The van der Waals surface area contributed by atoms with Gasteiger partial charge in [-0.3, -0.25) is 4.90 Å². The van der Waals surface area contributed by atoms with Crippen molar-refractivity contribution in [2.24, 2.45) is 11.8 Å². The first kappa shape index (κ1) is 14.8. The second-order valence-corrected chi connectivity index (χ2v) is 7.55. The van der Waals surface area contributed by atoms with Crippen molar-refractivity contribution in [3.8, 4) is 0 Å². The number of ether oxygens (including phenoxy) is 1. The van der Waals surface area contributed by atoms with Crippen molar-refractivity contribution >= 4 is 6.03 Å². The summed E-state index contributed by atoms with van der Waals surface area (Å²) in [6.45, 7) is 5.66. The van der Waals surface area contributed by atoms with Gasteiger partial charge in [0.05, 0.1) is 13.2 Å². The van der Waals surface area contributed by atoms with E-state index in [1.807, 2.05) is 0 Å². The highest BCUT2D eigenvalue weighted by Crippen LogP contribution is 2.44. The zero-order chi connectivity index (χ0) is 14.9. The van der Waals surface area contributed by atoms with Gasteiger partial charge in [-0.05, 0) is 50.4 Å². The van der Waals surface area contributed by atoms with Crippen molar-refractivity contribution in [2.75, 3.05) is 39.4 Å². The molecule has 2 heterocycles. The number of hydrogen-bond acceptors (Lipinski definition) is 3. The summed E-state index contributed by atoms with van der Waals surface area (Å²) in [5, 5.41) is 3.39. The van der Waals surface area contributed by atoms with E-state index in [1.54, 1.807) is 0 Å². The highest BCUT2D eigenvalue weighted by molar-refractivity contribution is 5.75. The highest BCUT2D eigenvalue weighted by Gasteiger charge is 2.43. The number of carbonyl (C=O) groups excluding carboxylic acids is 1. The fourth-order valence-electron chi connectivity index (χ4n) is 4.13. The Morgan fingerprint density at radius 2 is 1.73 bits per heavy atom. The number of morpholine rings is 1. The SMILES string of the molecule is O=C(NC(C1CC1)C1CC1)N1CCC[C@@H]1CN1CCOCC1. The molecule has 0 aromatic rings. The predicted octanol–water partition coefficient (Wildman–Crippen LogP) is 1.68. The molecule has 0 spiro atoms. The van der Waals surface area contributed by atoms with E-state index in [2.05, 4.69) is 15.1 Å². The van der Waals surface area contributed by atoms with E-state index in [0.29, 0.717) is 12.1 Å². The molecule has 0 aromatic carbocycles. The van der Waals surface area contributed by atoms with Gasteiger partial charge in [-0.25, -0.2) is 4.79 Å². The van der Waals surface area contributed by atoms with Crippen LogP contribution < -0.4 is 5.32 Å². The Bertz CT molecular complexity index is 391. The lowest BCUT2D eigenvalue weighted by atomic mass is 10.1. The van der Waals surface area contributed by atoms with Crippen LogP contribution in [-0.2, 0) is 4.74 Å². The van der Waals surface area contributed by atoms with Gasteiger partial charge >= 0.3 is 6.03 Å². The molecule has 5 heteroatoms. The average molecular weight is 307 g/mol. The summed E-state index contributed by atoms with van der Waals surface area (Å²) < 4.78 is 5.42. The largest absolute Gasteiger partial charge is 0.379 e. The Morgan fingerprint density at radius 3 is 2.36 bits per heavy atom. The monoisotopic (exact) mass is 307 g/mol. The lowest BCUT2D eigenvalue weighted by molar-refractivity contribution is 0.0291. The molecule has 0 aromatic heterocycles. The second-order valence-electron chi connectivity index (χ2n) is 7.55. The van der Waals surface area contributed by atoms with Gasteiger partial charge in [0.1, 0.15) is 0 Å². The summed E-state index contributed by atoms with van der Waals surface area (Å²) in [4.78, 5) is 17.3. The first-order valence-corrected chi connectivity index (χ1v) is 9.18. The Morgan fingerprint density at radius 1 is 1.05 bits per heavy atom. The first-order valence-electron chi connectivity index (χ1n) is 9.18. The molecule has 1 atom stereocenters. The van der Waals surface area contributed by atoms with Crippen molar-refractivity contribution in [1.82, 2.24) is 15.1 Å². The predicted molar refractivity (Wildman–Crippen MR) is 84.8 cm³/mol. The minimum atomic E-state index is 0.208. The summed E-state index contributed by atoms with van der Waals surface area (Å²) in [5.41, 5.74) is 0. The summed E-state index contributed by atoms with van der Waals surface area (Å²) in [5.74, 6) is 1.55. The zero-order valence-electron chi connectivity index (χ0n) is 13.5. The summed E-state index contributed by atoms with van der Waals surface area (Å²) in [6.07, 6.45) is 7.58. The highest BCUT2D eigenvalue weighted by atomic mass is 16.5. The van der Waals surface area contributed by atoms with Gasteiger partial charge in [-0.15, -0.1) is 0 Å². The van der Waals surface area contributed by atoms with Crippen molar-refractivity contribution in [2.45, 2.75) is 50.6 Å². The van der Waals surface area contributed by atoms with Crippen LogP contribution in [0, 0.1) is 11.8 Å². The Balaban J connectivity index is 1.32. The maximum absolute atomic E-state index is 12.7. The van der Waals surface area contributed by atoms with Crippen LogP contribution in [0.5, 0.6) is 0 Å². The molecule has 2 saturated carbocycles. The van der Waals surface area contributed by atoms with Crippen molar-refractivity contribution < 1.29 is 9.53 Å². The van der Waals surface area contributed by atoms with Crippen molar-refractivity contribution in [3.63, 3.8) is 0 Å². The summed E-state index contributed by atoms with van der Waals surface area (Å²) in [7, 11) is 0. The fourth-order valence-corrected chi connectivity index (χ4v) is 4.13. The molecule has 5 nitrogen and oxygen atoms in total. The number of hydrogen-bond donors (Lipinski definition) is 1. The Kier molecular flexibility index (Phi) is 4.27. The van der Waals surface area contributed by atoms with E-state index in [-0.39, 0.29) is 6.03 Å². The molecule has 0 radical (unpaired) electrons. The zero-order valence-corrected chi connectivity index (χ0v) is 13.5. The quantitative estimate of drug-likeness (QED) is 0.840. The number of amides is 2. The topological polar surface area (TPSA) is 44.8 Å². The number of urea groups is 1. The minimum Gasteiger partial charge on any atom is -0.379 e. The van der Waals surface area contributed by atoms with Gasteiger partial charge in [0.2, 0.25) is 0 Å². The van der Waals surface area contributed by atoms with E-state index in [9.17, 15) is 4.79 Å². The molecule has 4 rings (SSSR count). The van der Waals surface area contributed by atoms with Gasteiger partial charge in [0.25, 0.3) is 0 Å². The first-order chi connectivity index (χ1) is 10.8. The molecule has 0 unspecified atom stereocenters. The van der Waals surface area contributed by atoms with Gasteiger partial charge in [-0.1, -0.05) is 0 Å². The van der Waals surface area contributed by atoms with E-state index in [0.717, 1.165) is 64.1 Å². The third-order valence-electron chi connectivity index (χ3n) is 5.76. The van der Waals surface area contributed by atoms with E-state index in [1.165, 1.54) is 25.7 Å². The molecule has 2 saturated heterocycles. The molecular weight excluding hydrogens is 278 g/mol. The normalized spacial score (nSPS) is 30.0. The fraction of sp³-hybridized carbons (Fsp3) is 0.941. The molecule has 2 aliphatic heterocycles. The van der Waals surface area contributed by atoms with E-state index < -0.39 is 0 Å². The van der Waals surface area contributed by atoms with E-state index in [4.69, 9.17) is 4.74 Å². The number of nitrogens with one attached hydrogen (secondary N) is 1. The molecule has 124 valence electrons. The third-order valence-corrected chi connectivity index (χ3v) is 5.76. The van der Waals surface area contributed by atoms with Gasteiger partial charge < -0.3 is 15.0 Å². The van der Waals surface area contributed by atoms with Crippen LogP contribution in [0.25, 0.3) is 0 Å². The van der Waals surface area contributed by atoms with Gasteiger partial charge in [0, 0.05) is 38.3 Å². The smallest absolute Gasteiger partial charge is 0.317 e. The molecular formula is C17H29N3O2. The molecule has 22 heavy (non-hydrogen) atoms. The van der Waals surface area contributed by atoms with Crippen molar-refractivity contribution in [3.05, 3.63) is 0 Å². The number of carbonyl (C=O) groups is 1. The van der Waals surface area contributed by atoms with Crippen LogP contribution in [0.4, 0.5) is 4.79 Å². The summed E-state index contributed by atoms with van der Waals surface area (Å²) >= 11 is 0. The molecule has 4 aliphatic rings. The van der Waals surface area contributed by atoms with Gasteiger partial charge in [0.15, 0.2) is 0 Å². The molecule has 4 fully saturated rings. The van der Waals surface area contributed by atoms with Crippen LogP contribution in [0.3, 0.4) is 0 Å². The van der Waals surface area contributed by atoms with E-state index >= 15 is 0 Å². The number of rotatable bonds is 5. The Hall–Kier alpha value is -0.810. The van der Waals surface area contributed by atoms with Gasteiger partial charge in [-0.2, -0.15) is 0 Å².